The van der Waals surface area contributed by atoms with Crippen molar-refractivity contribution < 1.29 is 23.1 Å². The molecule has 0 atom stereocenters. The molecule has 0 unspecified atom stereocenters. The zero-order chi connectivity index (χ0) is 14.0. The average Bonchev–Trinajstić information content (AvgIpc) is 2.80. The number of hydrogen-bond donors (Lipinski definition) is 1. The lowest BCUT2D eigenvalue weighted by atomic mass is 10.0. The van der Waals surface area contributed by atoms with E-state index in [1.54, 1.807) is 0 Å². The molecule has 3 nitrogen and oxygen atoms in total. The van der Waals surface area contributed by atoms with Gasteiger partial charge in [0.25, 0.3) is 0 Å². The number of carboxylic acids is 1. The van der Waals surface area contributed by atoms with E-state index in [4.69, 9.17) is 5.11 Å². The Bertz CT molecular complexity index is 479. The van der Waals surface area contributed by atoms with Crippen LogP contribution in [0.1, 0.15) is 34.3 Å². The molecule has 0 amide bonds. The average molecular weight is 273 g/mol. The third-order valence-electron chi connectivity index (χ3n) is 3.22. The van der Waals surface area contributed by atoms with Gasteiger partial charge in [-0.1, -0.05) is 6.07 Å². The molecule has 0 radical (unpaired) electrons. The van der Waals surface area contributed by atoms with Gasteiger partial charge in [0.2, 0.25) is 0 Å². The van der Waals surface area contributed by atoms with Gasteiger partial charge in [-0.2, -0.15) is 13.2 Å². The van der Waals surface area contributed by atoms with Gasteiger partial charge in [0.1, 0.15) is 0 Å². The number of likely N-dealkylation sites (tertiary alicyclic amines) is 1. The number of carboxylic acid groups (broad SMARTS) is 1. The van der Waals surface area contributed by atoms with Crippen molar-refractivity contribution in [3.05, 3.63) is 34.9 Å². The quantitative estimate of drug-likeness (QED) is 0.920. The normalized spacial score (nSPS) is 16.8. The lowest BCUT2D eigenvalue weighted by Gasteiger charge is -2.17. The summed E-state index contributed by atoms with van der Waals surface area (Å²) in [5.74, 6) is -1.56. The van der Waals surface area contributed by atoms with Crippen LogP contribution in [0, 0.1) is 0 Å². The number of hydrogen-bond acceptors (Lipinski definition) is 2. The van der Waals surface area contributed by atoms with Crippen LogP contribution in [0.2, 0.25) is 0 Å². The van der Waals surface area contributed by atoms with Gasteiger partial charge in [-0.15, -0.1) is 0 Å². The number of alkyl halides is 3. The van der Waals surface area contributed by atoms with Gasteiger partial charge in [0.15, 0.2) is 0 Å². The molecule has 1 saturated heterocycles. The minimum atomic E-state index is -4.64. The summed E-state index contributed by atoms with van der Waals surface area (Å²) in [6, 6.07) is 3.44. The fourth-order valence-electron chi connectivity index (χ4n) is 2.31. The van der Waals surface area contributed by atoms with Gasteiger partial charge in [-0.05, 0) is 43.6 Å². The molecule has 1 aromatic carbocycles. The van der Waals surface area contributed by atoms with Crippen molar-refractivity contribution >= 4 is 5.97 Å². The molecule has 1 heterocycles. The van der Waals surface area contributed by atoms with Gasteiger partial charge < -0.3 is 5.11 Å². The summed E-state index contributed by atoms with van der Waals surface area (Å²) >= 11 is 0. The molecule has 0 aromatic heterocycles. The predicted octanol–water partition coefficient (Wildman–Crippen LogP) is 3.00. The minimum Gasteiger partial charge on any atom is -0.478 e. The third kappa shape index (κ3) is 3.26. The Labute approximate surface area is 108 Å². The molecule has 0 bridgehead atoms. The maximum Gasteiger partial charge on any atom is 0.417 e. The number of benzene rings is 1. The van der Waals surface area contributed by atoms with Crippen LogP contribution in [0.3, 0.4) is 0 Å². The zero-order valence-electron chi connectivity index (χ0n) is 10.2. The monoisotopic (exact) mass is 273 g/mol. The molecule has 0 aliphatic carbocycles. The first-order valence-corrected chi connectivity index (χ1v) is 6.03. The summed E-state index contributed by atoms with van der Waals surface area (Å²) in [6.45, 7) is 2.19. The third-order valence-corrected chi connectivity index (χ3v) is 3.22. The predicted molar refractivity (Wildman–Crippen MR) is 62.9 cm³/mol. The Hall–Kier alpha value is -1.56. The van der Waals surface area contributed by atoms with E-state index in [9.17, 15) is 18.0 Å². The molecule has 1 N–H and O–H groups in total. The maximum absolute atomic E-state index is 12.8. The molecule has 6 heteroatoms. The number of nitrogens with zero attached hydrogens (tertiary/aromatic N) is 1. The molecule has 19 heavy (non-hydrogen) atoms. The van der Waals surface area contributed by atoms with Crippen LogP contribution in [-0.2, 0) is 12.7 Å². The van der Waals surface area contributed by atoms with Crippen LogP contribution in [0.4, 0.5) is 13.2 Å². The summed E-state index contributed by atoms with van der Waals surface area (Å²) in [6.07, 6.45) is -2.53. The van der Waals surface area contributed by atoms with Crippen LogP contribution in [0.25, 0.3) is 0 Å². The van der Waals surface area contributed by atoms with Crippen LogP contribution in [0.15, 0.2) is 18.2 Å². The molecule has 1 fully saturated rings. The second kappa shape index (κ2) is 5.21. The van der Waals surface area contributed by atoms with Gasteiger partial charge in [0.05, 0.1) is 11.1 Å². The van der Waals surface area contributed by atoms with Gasteiger partial charge >= 0.3 is 12.1 Å². The fraction of sp³-hybridized carbons (Fsp3) is 0.462. The Morgan fingerprint density at radius 2 is 1.89 bits per heavy atom. The standard InChI is InChI=1S/C13H14F3NO2/c14-13(15,16)11-7-9(3-4-10(11)12(18)19)8-17-5-1-2-6-17/h3-4,7H,1-2,5-6,8H2,(H,18,19). The Morgan fingerprint density at radius 1 is 1.26 bits per heavy atom. The van der Waals surface area contributed by atoms with Crippen molar-refractivity contribution in [3.8, 4) is 0 Å². The first kappa shape index (κ1) is 13.9. The van der Waals surface area contributed by atoms with Gasteiger partial charge in [-0.3, -0.25) is 4.90 Å². The summed E-state index contributed by atoms with van der Waals surface area (Å²) in [7, 11) is 0. The van der Waals surface area contributed by atoms with E-state index in [0.29, 0.717) is 12.1 Å². The van der Waals surface area contributed by atoms with E-state index in [2.05, 4.69) is 4.90 Å². The SMILES string of the molecule is O=C(O)c1ccc(CN2CCCC2)cc1C(F)(F)F. The molecular weight excluding hydrogens is 259 g/mol. The first-order chi connectivity index (χ1) is 8.88. The largest absolute Gasteiger partial charge is 0.478 e. The highest BCUT2D eigenvalue weighted by atomic mass is 19.4. The van der Waals surface area contributed by atoms with Gasteiger partial charge in [-0.25, -0.2) is 4.79 Å². The molecule has 2 rings (SSSR count). The highest BCUT2D eigenvalue weighted by Gasteiger charge is 2.35. The molecule has 1 aromatic rings. The number of carbonyl (C=O) groups is 1. The van der Waals surface area contributed by atoms with Crippen LogP contribution in [0.5, 0.6) is 0 Å². The smallest absolute Gasteiger partial charge is 0.417 e. The van der Waals surface area contributed by atoms with Crippen LogP contribution < -0.4 is 0 Å². The van der Waals surface area contributed by atoms with Crippen LogP contribution >= 0.6 is 0 Å². The lowest BCUT2D eigenvalue weighted by Crippen LogP contribution is -2.20. The Morgan fingerprint density at radius 3 is 2.42 bits per heavy atom. The van der Waals surface area contributed by atoms with E-state index in [1.807, 2.05) is 0 Å². The van der Waals surface area contributed by atoms with Crippen molar-refractivity contribution in [1.29, 1.82) is 0 Å². The summed E-state index contributed by atoms with van der Waals surface area (Å²) in [4.78, 5) is 12.9. The Balaban J connectivity index is 2.29. The van der Waals surface area contributed by atoms with Gasteiger partial charge in [0, 0.05) is 6.54 Å². The maximum atomic E-state index is 12.8. The number of rotatable bonds is 3. The topological polar surface area (TPSA) is 40.5 Å². The molecule has 0 saturated carbocycles. The molecular formula is C13H14F3NO2. The van der Waals surface area contributed by atoms with E-state index >= 15 is 0 Å². The molecule has 1 aliphatic heterocycles. The van der Waals surface area contributed by atoms with Crippen LogP contribution in [-0.4, -0.2) is 29.1 Å². The Kier molecular flexibility index (Phi) is 3.80. The fourth-order valence-corrected chi connectivity index (χ4v) is 2.31. The second-order valence-corrected chi connectivity index (χ2v) is 4.67. The molecule has 1 aliphatic rings. The highest BCUT2D eigenvalue weighted by Crippen LogP contribution is 2.33. The van der Waals surface area contributed by atoms with E-state index in [1.165, 1.54) is 6.07 Å². The number of halogens is 3. The second-order valence-electron chi connectivity index (χ2n) is 4.67. The summed E-state index contributed by atoms with van der Waals surface area (Å²) < 4.78 is 38.5. The number of aromatic carboxylic acids is 1. The van der Waals surface area contributed by atoms with E-state index in [-0.39, 0.29) is 0 Å². The van der Waals surface area contributed by atoms with Crippen molar-refractivity contribution in [1.82, 2.24) is 4.90 Å². The highest BCUT2D eigenvalue weighted by molar-refractivity contribution is 5.89. The van der Waals surface area contributed by atoms with E-state index < -0.39 is 23.3 Å². The summed E-state index contributed by atoms with van der Waals surface area (Å²) in [5, 5.41) is 8.79. The zero-order valence-corrected chi connectivity index (χ0v) is 10.2. The lowest BCUT2D eigenvalue weighted by molar-refractivity contribution is -0.138. The minimum absolute atomic E-state index is 0.434. The molecule has 0 spiro atoms. The van der Waals surface area contributed by atoms with E-state index in [0.717, 1.165) is 38.1 Å². The van der Waals surface area contributed by atoms with Crippen molar-refractivity contribution in [2.75, 3.05) is 13.1 Å². The van der Waals surface area contributed by atoms with Crippen molar-refractivity contribution in [3.63, 3.8) is 0 Å². The van der Waals surface area contributed by atoms with Crippen molar-refractivity contribution in [2.24, 2.45) is 0 Å². The van der Waals surface area contributed by atoms with Crippen molar-refractivity contribution in [2.45, 2.75) is 25.6 Å². The molecule has 104 valence electrons. The summed E-state index contributed by atoms with van der Waals surface area (Å²) in [5.41, 5.74) is -1.27. The first-order valence-electron chi connectivity index (χ1n) is 6.03.